The number of anilines is 2. The Kier molecular flexibility index (Phi) is 7.14. The van der Waals surface area contributed by atoms with E-state index in [2.05, 4.69) is 10.6 Å². The van der Waals surface area contributed by atoms with Crippen LogP contribution in [0, 0.1) is 13.8 Å². The van der Waals surface area contributed by atoms with Gasteiger partial charge in [0.1, 0.15) is 0 Å². The van der Waals surface area contributed by atoms with Crippen molar-refractivity contribution in [3.63, 3.8) is 0 Å². The van der Waals surface area contributed by atoms with Crippen molar-refractivity contribution >= 4 is 29.2 Å². The Bertz CT molecular complexity index is 878. The minimum Gasteiger partial charge on any atom is -0.452 e. The highest BCUT2D eigenvalue weighted by atomic mass is 16.5. The Balaban J connectivity index is 1.79. The summed E-state index contributed by atoms with van der Waals surface area (Å²) in [7, 11) is 3.72. The molecule has 0 aliphatic carbocycles. The van der Waals surface area contributed by atoms with Gasteiger partial charge in [-0.2, -0.15) is 0 Å². The van der Waals surface area contributed by atoms with Gasteiger partial charge in [0.15, 0.2) is 6.61 Å². The lowest BCUT2D eigenvalue weighted by Gasteiger charge is -2.13. The number of nitrogens with one attached hydrogen (secondary N) is 2. The Morgan fingerprint density at radius 2 is 1.71 bits per heavy atom. The van der Waals surface area contributed by atoms with Gasteiger partial charge in [0.2, 0.25) is 5.91 Å². The number of hydrogen-bond donors (Lipinski definition) is 2. The monoisotopic (exact) mass is 383 g/mol. The topological polar surface area (TPSA) is 87.7 Å². The summed E-state index contributed by atoms with van der Waals surface area (Å²) >= 11 is 0. The second kappa shape index (κ2) is 9.55. The average molecular weight is 383 g/mol. The van der Waals surface area contributed by atoms with Gasteiger partial charge in [-0.25, -0.2) is 4.79 Å². The number of nitrogens with zero attached hydrogens (tertiary/aromatic N) is 1. The van der Waals surface area contributed by atoms with Crippen LogP contribution in [0.5, 0.6) is 0 Å². The molecule has 28 heavy (non-hydrogen) atoms. The first-order valence-corrected chi connectivity index (χ1v) is 8.85. The van der Waals surface area contributed by atoms with E-state index in [1.165, 1.54) is 0 Å². The molecule has 2 rings (SSSR count). The van der Waals surface area contributed by atoms with Crippen molar-refractivity contribution in [3.05, 3.63) is 59.2 Å². The molecule has 0 saturated heterocycles. The van der Waals surface area contributed by atoms with Crippen molar-refractivity contribution in [2.75, 3.05) is 37.5 Å². The highest BCUT2D eigenvalue weighted by Crippen LogP contribution is 2.17. The van der Waals surface area contributed by atoms with Crippen molar-refractivity contribution in [3.8, 4) is 0 Å². The van der Waals surface area contributed by atoms with Gasteiger partial charge < -0.3 is 20.3 Å². The number of amides is 2. The smallest absolute Gasteiger partial charge is 0.338 e. The molecule has 2 N–H and O–H groups in total. The fraction of sp³-hybridized carbons (Fsp3) is 0.286. The lowest BCUT2D eigenvalue weighted by molar-refractivity contribution is -0.126. The van der Waals surface area contributed by atoms with Crippen LogP contribution in [-0.4, -0.2) is 45.0 Å². The molecular formula is C21H25N3O4. The summed E-state index contributed by atoms with van der Waals surface area (Å²) in [5, 5.41) is 5.18. The molecule has 0 saturated carbocycles. The molecule has 2 aromatic rings. The number of ether oxygens (including phenoxy) is 1. The van der Waals surface area contributed by atoms with Gasteiger partial charge in [0.05, 0.1) is 12.1 Å². The SMILES string of the molecule is Cc1cccc(NC(=O)CNC(=O)COC(=O)c2cccc(N(C)C)c2)c1C. The molecule has 7 nitrogen and oxygen atoms in total. The predicted octanol–water partition coefficient (Wildman–Crippen LogP) is 2.28. The quantitative estimate of drug-likeness (QED) is 0.716. The molecule has 0 fully saturated rings. The zero-order valence-electron chi connectivity index (χ0n) is 16.5. The van der Waals surface area contributed by atoms with Crippen molar-refractivity contribution in [1.29, 1.82) is 0 Å². The van der Waals surface area contributed by atoms with Gasteiger partial charge in [-0.1, -0.05) is 18.2 Å². The first-order valence-electron chi connectivity index (χ1n) is 8.85. The maximum absolute atomic E-state index is 12.1. The lowest BCUT2D eigenvalue weighted by Crippen LogP contribution is -2.35. The van der Waals surface area contributed by atoms with E-state index in [4.69, 9.17) is 4.74 Å². The molecule has 0 spiro atoms. The molecule has 0 atom stereocenters. The molecule has 148 valence electrons. The van der Waals surface area contributed by atoms with Gasteiger partial charge in [-0.05, 0) is 49.2 Å². The third-order valence-corrected chi connectivity index (χ3v) is 4.26. The molecule has 0 bridgehead atoms. The first kappa shape index (κ1) is 21.0. The van der Waals surface area contributed by atoms with E-state index in [9.17, 15) is 14.4 Å². The van der Waals surface area contributed by atoms with Crippen LogP contribution in [0.25, 0.3) is 0 Å². The first-order chi connectivity index (χ1) is 13.3. The zero-order valence-corrected chi connectivity index (χ0v) is 16.5. The molecule has 0 aliphatic rings. The van der Waals surface area contributed by atoms with Crippen molar-refractivity contribution in [2.45, 2.75) is 13.8 Å². The van der Waals surface area contributed by atoms with E-state index < -0.39 is 18.5 Å². The summed E-state index contributed by atoms with van der Waals surface area (Å²) in [6.07, 6.45) is 0. The van der Waals surface area contributed by atoms with E-state index in [-0.39, 0.29) is 12.5 Å². The van der Waals surface area contributed by atoms with Gasteiger partial charge in [0, 0.05) is 25.5 Å². The van der Waals surface area contributed by atoms with Gasteiger partial charge in [-0.15, -0.1) is 0 Å². The molecule has 0 aliphatic heterocycles. The van der Waals surface area contributed by atoms with E-state index in [1.54, 1.807) is 24.3 Å². The number of esters is 1. The van der Waals surface area contributed by atoms with Gasteiger partial charge >= 0.3 is 5.97 Å². The third-order valence-electron chi connectivity index (χ3n) is 4.26. The molecule has 0 radical (unpaired) electrons. The third kappa shape index (κ3) is 5.84. The zero-order chi connectivity index (χ0) is 20.7. The molecule has 0 heterocycles. The van der Waals surface area contributed by atoms with Crippen LogP contribution in [0.4, 0.5) is 11.4 Å². The molecule has 2 aromatic carbocycles. The van der Waals surface area contributed by atoms with Crippen LogP contribution in [0.3, 0.4) is 0 Å². The number of aryl methyl sites for hydroxylation is 1. The van der Waals surface area contributed by atoms with Crippen LogP contribution in [0.1, 0.15) is 21.5 Å². The van der Waals surface area contributed by atoms with Crippen LogP contribution < -0.4 is 15.5 Å². The number of benzene rings is 2. The molecule has 2 amide bonds. The van der Waals surface area contributed by atoms with Crippen LogP contribution in [0.2, 0.25) is 0 Å². The molecule has 7 heteroatoms. The fourth-order valence-electron chi connectivity index (χ4n) is 2.44. The number of rotatable bonds is 7. The average Bonchev–Trinajstić information content (AvgIpc) is 2.68. The van der Waals surface area contributed by atoms with Crippen molar-refractivity contribution in [2.24, 2.45) is 0 Å². The summed E-state index contributed by atoms with van der Waals surface area (Å²) in [6, 6.07) is 12.5. The maximum atomic E-state index is 12.1. The summed E-state index contributed by atoms with van der Waals surface area (Å²) in [4.78, 5) is 37.8. The molecular weight excluding hydrogens is 358 g/mol. The number of hydrogen-bond acceptors (Lipinski definition) is 5. The van der Waals surface area contributed by atoms with Gasteiger partial charge in [0.25, 0.3) is 5.91 Å². The fourth-order valence-corrected chi connectivity index (χ4v) is 2.44. The second-order valence-electron chi connectivity index (χ2n) is 6.59. The Hall–Kier alpha value is -3.35. The second-order valence-corrected chi connectivity index (χ2v) is 6.59. The van der Waals surface area contributed by atoms with Crippen LogP contribution >= 0.6 is 0 Å². The number of carbonyl (C=O) groups is 3. The van der Waals surface area contributed by atoms with E-state index in [0.29, 0.717) is 11.3 Å². The highest BCUT2D eigenvalue weighted by Gasteiger charge is 2.12. The standard InChI is InChI=1S/C21H25N3O4/c1-14-7-5-10-18(15(14)2)23-19(25)12-22-20(26)13-28-21(27)16-8-6-9-17(11-16)24(3)4/h5-11H,12-13H2,1-4H3,(H,22,26)(H,23,25). The lowest BCUT2D eigenvalue weighted by atomic mass is 10.1. The normalized spacial score (nSPS) is 10.1. The summed E-state index contributed by atoms with van der Waals surface area (Å²) < 4.78 is 5.01. The Labute approximate surface area is 164 Å². The Morgan fingerprint density at radius 1 is 1.00 bits per heavy atom. The van der Waals surface area contributed by atoms with E-state index in [0.717, 1.165) is 16.8 Å². The maximum Gasteiger partial charge on any atom is 0.338 e. The minimum absolute atomic E-state index is 0.208. The Morgan fingerprint density at radius 3 is 2.43 bits per heavy atom. The number of carbonyl (C=O) groups excluding carboxylic acids is 3. The summed E-state index contributed by atoms with van der Waals surface area (Å²) in [5.74, 6) is -1.50. The summed E-state index contributed by atoms with van der Waals surface area (Å²) in [5.41, 5.74) is 3.93. The highest BCUT2D eigenvalue weighted by molar-refractivity contribution is 5.96. The molecule has 0 unspecified atom stereocenters. The summed E-state index contributed by atoms with van der Waals surface area (Å²) in [6.45, 7) is 3.20. The van der Waals surface area contributed by atoms with Crippen molar-refractivity contribution < 1.29 is 19.1 Å². The van der Waals surface area contributed by atoms with Gasteiger partial charge in [-0.3, -0.25) is 9.59 Å². The minimum atomic E-state index is -0.598. The van der Waals surface area contributed by atoms with E-state index in [1.807, 2.05) is 51.0 Å². The van der Waals surface area contributed by atoms with Crippen LogP contribution in [0.15, 0.2) is 42.5 Å². The largest absolute Gasteiger partial charge is 0.452 e. The predicted molar refractivity (Wildman–Crippen MR) is 109 cm³/mol. The van der Waals surface area contributed by atoms with E-state index >= 15 is 0 Å². The van der Waals surface area contributed by atoms with Crippen LogP contribution in [-0.2, 0) is 14.3 Å². The van der Waals surface area contributed by atoms with Crippen molar-refractivity contribution in [1.82, 2.24) is 5.32 Å². The molecule has 0 aromatic heterocycles.